The largest absolute Gasteiger partial charge is 0.495 e. The highest BCUT2D eigenvalue weighted by molar-refractivity contribution is 9.10. The Hall–Kier alpha value is -1.56. The van der Waals surface area contributed by atoms with Crippen LogP contribution in [0.25, 0.3) is 0 Å². The molecule has 1 N–H and O–H groups in total. The van der Waals surface area contributed by atoms with Crippen LogP contribution in [0.5, 0.6) is 5.75 Å². The molecule has 2 rings (SSSR count). The summed E-state index contributed by atoms with van der Waals surface area (Å²) in [5, 5.41) is 4.72. The summed E-state index contributed by atoms with van der Waals surface area (Å²) in [5.74, 6) is 0.0979. The van der Waals surface area contributed by atoms with Gasteiger partial charge in [0.1, 0.15) is 5.75 Å². The number of benzene rings is 2. The lowest BCUT2D eigenvalue weighted by Gasteiger charge is -2.07. The molecule has 0 aromatic heterocycles. The lowest BCUT2D eigenvalue weighted by atomic mass is 10.2. The normalized spacial score (nSPS) is 10.7. The Bertz CT molecular complexity index is 735. The highest BCUT2D eigenvalue weighted by Gasteiger charge is 2.10. The number of carbonyl (C=O) groups is 1. The van der Waals surface area contributed by atoms with E-state index in [0.29, 0.717) is 31.4 Å². The van der Waals surface area contributed by atoms with Gasteiger partial charge in [-0.15, -0.1) is 0 Å². The molecule has 0 aliphatic rings. The van der Waals surface area contributed by atoms with Gasteiger partial charge in [-0.2, -0.15) is 5.10 Å². The molecule has 7 heteroatoms. The van der Waals surface area contributed by atoms with Gasteiger partial charge in [-0.05, 0) is 40.2 Å². The Labute approximate surface area is 146 Å². The van der Waals surface area contributed by atoms with Crippen LogP contribution >= 0.6 is 39.1 Å². The minimum absolute atomic E-state index is 0.337. The topological polar surface area (TPSA) is 50.7 Å². The second kappa shape index (κ2) is 7.63. The third kappa shape index (κ3) is 4.00. The van der Waals surface area contributed by atoms with E-state index in [-0.39, 0.29) is 5.91 Å². The van der Waals surface area contributed by atoms with Gasteiger partial charge >= 0.3 is 0 Å². The molecule has 0 aliphatic heterocycles. The number of nitrogens with one attached hydrogen (secondary N) is 1. The van der Waals surface area contributed by atoms with Gasteiger partial charge in [0.25, 0.3) is 5.91 Å². The van der Waals surface area contributed by atoms with Gasteiger partial charge in [0.05, 0.1) is 23.9 Å². The average Bonchev–Trinajstić information content (AvgIpc) is 2.47. The van der Waals surface area contributed by atoms with Crippen molar-refractivity contribution < 1.29 is 9.53 Å². The van der Waals surface area contributed by atoms with Crippen molar-refractivity contribution in [2.75, 3.05) is 7.11 Å². The lowest BCUT2D eigenvalue weighted by Crippen LogP contribution is -2.18. The Kier molecular flexibility index (Phi) is 5.83. The first-order chi connectivity index (χ1) is 10.5. The molecule has 0 spiro atoms. The van der Waals surface area contributed by atoms with E-state index in [4.69, 9.17) is 27.9 Å². The van der Waals surface area contributed by atoms with E-state index >= 15 is 0 Å². The van der Waals surface area contributed by atoms with Crippen LogP contribution in [0, 0.1) is 0 Å². The number of amides is 1. The molecule has 1 amide bonds. The Morgan fingerprint density at radius 3 is 2.73 bits per heavy atom. The van der Waals surface area contributed by atoms with Crippen molar-refractivity contribution in [1.82, 2.24) is 5.43 Å². The highest BCUT2D eigenvalue weighted by Crippen LogP contribution is 2.31. The fourth-order valence-electron chi connectivity index (χ4n) is 1.76. The maximum absolute atomic E-state index is 12.0. The van der Waals surface area contributed by atoms with Gasteiger partial charge in [-0.1, -0.05) is 35.3 Å². The van der Waals surface area contributed by atoms with Crippen molar-refractivity contribution >= 4 is 51.3 Å². The number of halogens is 3. The van der Waals surface area contributed by atoms with Crippen LogP contribution < -0.4 is 10.2 Å². The smallest absolute Gasteiger partial charge is 0.272 e. The zero-order chi connectivity index (χ0) is 16.1. The van der Waals surface area contributed by atoms with Crippen molar-refractivity contribution in [2.24, 2.45) is 5.10 Å². The first-order valence-electron chi connectivity index (χ1n) is 6.14. The molecule has 4 nitrogen and oxygen atoms in total. The van der Waals surface area contributed by atoms with Crippen molar-refractivity contribution in [3.05, 3.63) is 62.0 Å². The first-order valence-corrected chi connectivity index (χ1v) is 7.68. The van der Waals surface area contributed by atoms with Gasteiger partial charge in [-0.25, -0.2) is 5.43 Å². The predicted molar refractivity (Wildman–Crippen MR) is 92.2 cm³/mol. The number of ether oxygens (including phenoxy) is 1. The first kappa shape index (κ1) is 16.8. The summed E-state index contributed by atoms with van der Waals surface area (Å²) in [6.45, 7) is 0. The second-order valence-corrected chi connectivity index (χ2v) is 5.89. The minimum Gasteiger partial charge on any atom is -0.495 e. The molecule has 0 saturated carbocycles. The van der Waals surface area contributed by atoms with E-state index in [1.54, 1.807) is 30.3 Å². The number of hydrogen-bond acceptors (Lipinski definition) is 3. The summed E-state index contributed by atoms with van der Waals surface area (Å²) < 4.78 is 5.88. The van der Waals surface area contributed by atoms with Crippen LogP contribution in [0.1, 0.15) is 15.9 Å². The van der Waals surface area contributed by atoms with Crippen LogP contribution in [-0.4, -0.2) is 19.2 Å². The SMILES string of the molecule is COc1c(Cl)cc(Cl)cc1/C=N\NC(=O)c1ccccc1Br. The van der Waals surface area contributed by atoms with Crippen LogP contribution in [0.15, 0.2) is 46.0 Å². The summed E-state index contributed by atoms with van der Waals surface area (Å²) in [5.41, 5.74) is 3.48. The number of rotatable bonds is 4. The van der Waals surface area contributed by atoms with Crippen LogP contribution in [-0.2, 0) is 0 Å². The molecule has 0 radical (unpaired) electrons. The molecular formula is C15H11BrCl2N2O2. The molecule has 0 bridgehead atoms. The van der Waals surface area contributed by atoms with Crippen molar-refractivity contribution in [2.45, 2.75) is 0 Å². The number of nitrogens with zero attached hydrogens (tertiary/aromatic N) is 1. The molecule has 0 heterocycles. The van der Waals surface area contributed by atoms with E-state index in [1.807, 2.05) is 6.07 Å². The molecule has 0 atom stereocenters. The fraction of sp³-hybridized carbons (Fsp3) is 0.0667. The third-order valence-electron chi connectivity index (χ3n) is 2.73. The Morgan fingerprint density at radius 2 is 2.05 bits per heavy atom. The predicted octanol–water partition coefficient (Wildman–Crippen LogP) is 4.53. The molecule has 0 saturated heterocycles. The maximum Gasteiger partial charge on any atom is 0.272 e. The van der Waals surface area contributed by atoms with E-state index in [9.17, 15) is 4.79 Å². The van der Waals surface area contributed by atoms with Gasteiger partial charge in [0.2, 0.25) is 0 Å². The number of hydrogen-bond donors (Lipinski definition) is 1. The molecule has 0 aliphatic carbocycles. The van der Waals surface area contributed by atoms with Crippen LogP contribution in [0.4, 0.5) is 0 Å². The quantitative estimate of drug-likeness (QED) is 0.604. The number of hydrazone groups is 1. The summed E-state index contributed by atoms with van der Waals surface area (Å²) in [6.07, 6.45) is 1.42. The summed E-state index contributed by atoms with van der Waals surface area (Å²) in [4.78, 5) is 12.0. The van der Waals surface area contributed by atoms with Crippen molar-refractivity contribution in [1.29, 1.82) is 0 Å². The third-order valence-corrected chi connectivity index (χ3v) is 3.92. The highest BCUT2D eigenvalue weighted by atomic mass is 79.9. The monoisotopic (exact) mass is 400 g/mol. The minimum atomic E-state index is -0.337. The van der Waals surface area contributed by atoms with Crippen LogP contribution in [0.3, 0.4) is 0 Å². The van der Waals surface area contributed by atoms with Gasteiger partial charge in [0, 0.05) is 15.1 Å². The Morgan fingerprint density at radius 1 is 1.32 bits per heavy atom. The second-order valence-electron chi connectivity index (χ2n) is 4.19. The molecule has 114 valence electrons. The lowest BCUT2D eigenvalue weighted by molar-refractivity contribution is 0.0954. The Balaban J connectivity index is 2.17. The van der Waals surface area contributed by atoms with Gasteiger partial charge < -0.3 is 4.74 Å². The maximum atomic E-state index is 12.0. The molecule has 0 unspecified atom stereocenters. The van der Waals surface area contributed by atoms with E-state index in [0.717, 1.165) is 0 Å². The molecular weight excluding hydrogens is 391 g/mol. The zero-order valence-corrected chi connectivity index (χ0v) is 14.5. The summed E-state index contributed by atoms with van der Waals surface area (Å²) in [6, 6.07) is 10.3. The number of carbonyl (C=O) groups excluding carboxylic acids is 1. The summed E-state index contributed by atoms with van der Waals surface area (Å²) >= 11 is 15.3. The standard InChI is InChI=1S/C15H11BrCl2N2O2/c1-22-14-9(6-10(17)7-13(14)18)8-19-20-15(21)11-4-2-3-5-12(11)16/h2-8H,1H3,(H,20,21)/b19-8-. The fourth-order valence-corrected chi connectivity index (χ4v) is 2.81. The average molecular weight is 402 g/mol. The van der Waals surface area contributed by atoms with E-state index in [2.05, 4.69) is 26.5 Å². The molecule has 2 aromatic carbocycles. The molecule has 0 fully saturated rings. The van der Waals surface area contributed by atoms with Crippen molar-refractivity contribution in [3.8, 4) is 5.75 Å². The summed E-state index contributed by atoms with van der Waals surface area (Å²) in [7, 11) is 1.49. The van der Waals surface area contributed by atoms with Crippen LogP contribution in [0.2, 0.25) is 10.0 Å². The van der Waals surface area contributed by atoms with Crippen molar-refractivity contribution in [3.63, 3.8) is 0 Å². The van der Waals surface area contributed by atoms with E-state index in [1.165, 1.54) is 13.3 Å². The van der Waals surface area contributed by atoms with Gasteiger partial charge in [0.15, 0.2) is 0 Å². The number of methoxy groups -OCH3 is 1. The zero-order valence-electron chi connectivity index (χ0n) is 11.4. The van der Waals surface area contributed by atoms with E-state index < -0.39 is 0 Å². The molecule has 2 aromatic rings. The van der Waals surface area contributed by atoms with Gasteiger partial charge in [-0.3, -0.25) is 4.79 Å². The molecule has 22 heavy (non-hydrogen) atoms.